The molecule has 6 rings (SSSR count). The summed E-state index contributed by atoms with van der Waals surface area (Å²) in [6.07, 6.45) is 0. The summed E-state index contributed by atoms with van der Waals surface area (Å²) in [7, 11) is 0. The molecular weight excluding hydrogens is 430 g/mol. The Morgan fingerprint density at radius 1 is 0.600 bits per heavy atom. The van der Waals surface area contributed by atoms with Crippen LogP contribution in [0, 0.1) is 0 Å². The number of anilines is 1. The maximum Gasteiger partial charge on any atom is 0.201 e. The minimum absolute atomic E-state index is 0.471. The van der Waals surface area contributed by atoms with Crippen molar-refractivity contribution in [1.82, 2.24) is 4.98 Å². The van der Waals surface area contributed by atoms with Crippen molar-refractivity contribution in [2.75, 3.05) is 5.43 Å². The van der Waals surface area contributed by atoms with E-state index < -0.39 is 0 Å². The SMILES string of the molecule is c1ccc(C(N=Nc2ccc3ccccc3n2)=NNc2cccc3cc4ccccc4cc23)cc1. The van der Waals surface area contributed by atoms with E-state index in [1.54, 1.807) is 0 Å². The van der Waals surface area contributed by atoms with Gasteiger partial charge in [0.2, 0.25) is 5.84 Å². The number of hydrogen-bond donors (Lipinski definition) is 1. The summed E-state index contributed by atoms with van der Waals surface area (Å²) in [5.41, 5.74) is 5.87. The molecule has 0 saturated carbocycles. The lowest BCUT2D eigenvalue weighted by atomic mass is 10.0. The molecule has 5 heteroatoms. The van der Waals surface area contributed by atoms with E-state index in [2.05, 4.69) is 68.2 Å². The molecule has 0 aliphatic carbocycles. The molecule has 0 atom stereocenters. The van der Waals surface area contributed by atoms with Gasteiger partial charge in [0.1, 0.15) is 0 Å². The monoisotopic (exact) mass is 451 g/mol. The zero-order valence-corrected chi connectivity index (χ0v) is 18.8. The molecule has 1 aromatic heterocycles. The molecule has 0 aliphatic rings. The average molecular weight is 452 g/mol. The normalized spacial score (nSPS) is 12.1. The fourth-order valence-electron chi connectivity index (χ4n) is 4.12. The highest BCUT2D eigenvalue weighted by atomic mass is 15.3. The van der Waals surface area contributed by atoms with Gasteiger partial charge in [0.25, 0.3) is 0 Å². The molecule has 0 spiro atoms. The van der Waals surface area contributed by atoms with Crippen molar-refractivity contribution >= 4 is 49.8 Å². The zero-order valence-electron chi connectivity index (χ0n) is 18.8. The van der Waals surface area contributed by atoms with Crippen molar-refractivity contribution in [1.29, 1.82) is 0 Å². The second-order valence-electron chi connectivity index (χ2n) is 8.20. The second-order valence-corrected chi connectivity index (χ2v) is 8.20. The molecule has 166 valence electrons. The molecule has 0 bridgehead atoms. The summed E-state index contributed by atoms with van der Waals surface area (Å²) in [6, 6.07) is 40.5. The third kappa shape index (κ3) is 4.35. The van der Waals surface area contributed by atoms with E-state index in [1.165, 1.54) is 10.8 Å². The van der Waals surface area contributed by atoms with Crippen molar-refractivity contribution in [3.63, 3.8) is 0 Å². The van der Waals surface area contributed by atoms with Gasteiger partial charge in [-0.3, -0.25) is 5.43 Å². The van der Waals surface area contributed by atoms with Crippen LogP contribution in [0.3, 0.4) is 0 Å². The Bertz CT molecular complexity index is 1720. The molecule has 1 N–H and O–H groups in total. The number of benzene rings is 5. The Kier molecular flexibility index (Phi) is 5.41. The number of amidine groups is 1. The summed E-state index contributed by atoms with van der Waals surface area (Å²) in [5, 5.41) is 19.2. The maximum absolute atomic E-state index is 4.65. The summed E-state index contributed by atoms with van der Waals surface area (Å²) >= 11 is 0. The van der Waals surface area contributed by atoms with Gasteiger partial charge in [0, 0.05) is 16.3 Å². The predicted octanol–water partition coefficient (Wildman–Crippen LogP) is 8.10. The number of aromatic nitrogens is 1. The van der Waals surface area contributed by atoms with E-state index in [4.69, 9.17) is 0 Å². The van der Waals surface area contributed by atoms with E-state index in [0.717, 1.165) is 32.9 Å². The van der Waals surface area contributed by atoms with Crippen molar-refractivity contribution in [2.24, 2.45) is 15.3 Å². The Balaban J connectivity index is 1.38. The van der Waals surface area contributed by atoms with Crippen LogP contribution >= 0.6 is 0 Å². The van der Waals surface area contributed by atoms with Crippen LogP contribution in [0.25, 0.3) is 32.4 Å². The van der Waals surface area contributed by atoms with Gasteiger partial charge in [-0.05, 0) is 52.6 Å². The lowest BCUT2D eigenvalue weighted by Gasteiger charge is -2.09. The van der Waals surface area contributed by atoms with Gasteiger partial charge in [0.15, 0.2) is 5.82 Å². The third-order valence-electron chi connectivity index (χ3n) is 5.89. The largest absolute Gasteiger partial charge is 0.276 e. The van der Waals surface area contributed by atoms with Crippen molar-refractivity contribution < 1.29 is 0 Å². The Morgan fingerprint density at radius 2 is 1.31 bits per heavy atom. The number of azo groups is 1. The van der Waals surface area contributed by atoms with Gasteiger partial charge in [-0.15, -0.1) is 10.2 Å². The first-order valence-corrected chi connectivity index (χ1v) is 11.4. The van der Waals surface area contributed by atoms with Gasteiger partial charge < -0.3 is 0 Å². The molecule has 0 amide bonds. The fourth-order valence-corrected chi connectivity index (χ4v) is 4.12. The first kappa shape index (κ1) is 20.7. The van der Waals surface area contributed by atoms with Crippen LogP contribution in [-0.4, -0.2) is 10.8 Å². The quantitative estimate of drug-likeness (QED) is 0.0967. The highest BCUT2D eigenvalue weighted by Crippen LogP contribution is 2.28. The average Bonchev–Trinajstić information content (AvgIpc) is 2.92. The van der Waals surface area contributed by atoms with E-state index in [0.29, 0.717) is 11.7 Å². The number of fused-ring (bicyclic) bond motifs is 3. The summed E-state index contributed by atoms with van der Waals surface area (Å²) < 4.78 is 0. The number of nitrogens with one attached hydrogen (secondary N) is 1. The molecule has 0 unspecified atom stereocenters. The van der Waals surface area contributed by atoms with Gasteiger partial charge >= 0.3 is 0 Å². The van der Waals surface area contributed by atoms with Gasteiger partial charge in [-0.2, -0.15) is 5.10 Å². The lowest BCUT2D eigenvalue weighted by Crippen LogP contribution is -2.01. The smallest absolute Gasteiger partial charge is 0.201 e. The summed E-state index contributed by atoms with van der Waals surface area (Å²) in [6.45, 7) is 0. The number of hydrazone groups is 1. The third-order valence-corrected chi connectivity index (χ3v) is 5.89. The second kappa shape index (κ2) is 9.15. The zero-order chi connectivity index (χ0) is 23.5. The standard InChI is InChI=1S/C30H21N5/c1-2-10-22(11-3-1)30(35-33-29-18-17-21-9-6-7-15-27(21)31-29)34-32-28-16-8-14-25-19-23-12-4-5-13-24(23)20-26(25)28/h1-20,32H. The highest BCUT2D eigenvalue weighted by Gasteiger charge is 2.06. The maximum atomic E-state index is 4.65. The molecule has 0 aliphatic heterocycles. The van der Waals surface area contributed by atoms with Gasteiger partial charge in [-0.1, -0.05) is 84.9 Å². The van der Waals surface area contributed by atoms with Crippen molar-refractivity contribution in [2.45, 2.75) is 0 Å². The van der Waals surface area contributed by atoms with Crippen LogP contribution in [0.5, 0.6) is 0 Å². The molecule has 0 fully saturated rings. The van der Waals surface area contributed by atoms with Crippen molar-refractivity contribution in [3.8, 4) is 0 Å². The van der Waals surface area contributed by atoms with E-state index in [1.807, 2.05) is 78.9 Å². The molecule has 1 heterocycles. The number of rotatable bonds is 4. The van der Waals surface area contributed by atoms with Crippen LogP contribution in [0.15, 0.2) is 137 Å². The van der Waals surface area contributed by atoms with Crippen LogP contribution in [0.1, 0.15) is 5.56 Å². The number of pyridine rings is 1. The minimum Gasteiger partial charge on any atom is -0.276 e. The van der Waals surface area contributed by atoms with E-state index in [9.17, 15) is 0 Å². The molecular formula is C30H21N5. The van der Waals surface area contributed by atoms with Crippen molar-refractivity contribution in [3.05, 3.63) is 127 Å². The predicted molar refractivity (Wildman–Crippen MR) is 144 cm³/mol. The number of nitrogens with zero attached hydrogens (tertiary/aromatic N) is 4. The number of para-hydroxylation sites is 1. The molecule has 35 heavy (non-hydrogen) atoms. The summed E-state index contributed by atoms with van der Waals surface area (Å²) in [5.74, 6) is 1.00. The molecule has 5 aromatic carbocycles. The molecule has 6 aromatic rings. The summed E-state index contributed by atoms with van der Waals surface area (Å²) in [4.78, 5) is 4.59. The molecule has 0 radical (unpaired) electrons. The first-order chi connectivity index (χ1) is 17.3. The molecule has 5 nitrogen and oxygen atoms in total. The Morgan fingerprint density at radius 3 is 2.17 bits per heavy atom. The topological polar surface area (TPSA) is 62.0 Å². The molecule has 0 saturated heterocycles. The van der Waals surface area contributed by atoms with Crippen LogP contribution in [0.4, 0.5) is 11.5 Å². The fraction of sp³-hybridized carbons (Fsp3) is 0. The van der Waals surface area contributed by atoms with Gasteiger partial charge in [-0.25, -0.2) is 4.98 Å². The lowest BCUT2D eigenvalue weighted by molar-refractivity contribution is 1.18. The van der Waals surface area contributed by atoms with E-state index in [-0.39, 0.29) is 0 Å². The van der Waals surface area contributed by atoms with E-state index >= 15 is 0 Å². The first-order valence-electron chi connectivity index (χ1n) is 11.4. The Hall–Kier alpha value is -4.90. The highest BCUT2D eigenvalue weighted by molar-refractivity contribution is 6.04. The number of hydrogen-bond acceptors (Lipinski definition) is 4. The van der Waals surface area contributed by atoms with Gasteiger partial charge in [0.05, 0.1) is 11.2 Å². The van der Waals surface area contributed by atoms with Crippen LogP contribution in [-0.2, 0) is 0 Å². The Labute approximate surface area is 202 Å². The van der Waals surface area contributed by atoms with Crippen LogP contribution < -0.4 is 5.43 Å². The minimum atomic E-state index is 0.471. The van der Waals surface area contributed by atoms with Crippen LogP contribution in [0.2, 0.25) is 0 Å².